The predicted molar refractivity (Wildman–Crippen MR) is 82.1 cm³/mol. The summed E-state index contributed by atoms with van der Waals surface area (Å²) in [5.41, 5.74) is 8.97. The Hall–Kier alpha value is -1.76. The zero-order valence-electron chi connectivity index (χ0n) is 12.1. The number of nitrogens with zero attached hydrogens (tertiary/aromatic N) is 1. The molecule has 112 valence electrons. The van der Waals surface area contributed by atoms with Gasteiger partial charge in [-0.3, -0.25) is 4.98 Å². The van der Waals surface area contributed by atoms with Crippen LogP contribution in [0.1, 0.15) is 22.5 Å². The first-order valence-electron chi connectivity index (χ1n) is 6.64. The molecule has 1 aromatic heterocycles. The van der Waals surface area contributed by atoms with Crippen LogP contribution in [0.2, 0.25) is 0 Å². The molecule has 0 atom stereocenters. The molecule has 3 N–H and O–H groups in total. The molecule has 2 aromatic rings. The molecule has 0 aliphatic heterocycles. The fourth-order valence-corrected chi connectivity index (χ4v) is 3.03. The third-order valence-electron chi connectivity index (χ3n) is 3.24. The zero-order valence-corrected chi connectivity index (χ0v) is 12.9. The van der Waals surface area contributed by atoms with Crippen LogP contribution in [0.15, 0.2) is 41.3 Å². The average Bonchev–Trinajstić information content (AvgIpc) is 2.46. The maximum Gasteiger partial charge on any atom is 0.240 e. The monoisotopic (exact) mass is 305 g/mol. The summed E-state index contributed by atoms with van der Waals surface area (Å²) >= 11 is 0. The lowest BCUT2D eigenvalue weighted by molar-refractivity contribution is 0.580. The molecule has 0 aliphatic carbocycles. The second kappa shape index (κ2) is 6.34. The van der Waals surface area contributed by atoms with E-state index < -0.39 is 10.0 Å². The van der Waals surface area contributed by atoms with E-state index >= 15 is 0 Å². The van der Waals surface area contributed by atoms with Gasteiger partial charge < -0.3 is 5.73 Å². The van der Waals surface area contributed by atoms with Gasteiger partial charge in [0.15, 0.2) is 0 Å². The van der Waals surface area contributed by atoms with Crippen molar-refractivity contribution in [2.24, 2.45) is 5.73 Å². The Balaban J connectivity index is 2.18. The van der Waals surface area contributed by atoms with E-state index in [-0.39, 0.29) is 11.4 Å². The zero-order chi connectivity index (χ0) is 15.5. The highest BCUT2D eigenvalue weighted by Crippen LogP contribution is 2.15. The van der Waals surface area contributed by atoms with Crippen LogP contribution in [0, 0.1) is 13.8 Å². The number of benzene rings is 1. The summed E-state index contributed by atoms with van der Waals surface area (Å²) in [6.07, 6.45) is 0. The van der Waals surface area contributed by atoms with Crippen LogP contribution >= 0.6 is 0 Å². The van der Waals surface area contributed by atoms with E-state index in [1.54, 1.807) is 24.3 Å². The molecule has 0 amide bonds. The van der Waals surface area contributed by atoms with E-state index in [9.17, 15) is 8.42 Å². The van der Waals surface area contributed by atoms with Crippen molar-refractivity contribution in [3.05, 3.63) is 58.9 Å². The number of hydrogen-bond acceptors (Lipinski definition) is 4. The number of sulfonamides is 1. The Kier molecular flexibility index (Phi) is 4.72. The minimum atomic E-state index is -3.57. The van der Waals surface area contributed by atoms with E-state index in [4.69, 9.17) is 5.73 Å². The quantitative estimate of drug-likeness (QED) is 0.879. The van der Waals surface area contributed by atoms with Crippen LogP contribution in [-0.2, 0) is 23.1 Å². The van der Waals surface area contributed by atoms with Crippen molar-refractivity contribution in [2.75, 3.05) is 0 Å². The Morgan fingerprint density at radius 1 is 1.19 bits per heavy atom. The lowest BCUT2D eigenvalue weighted by Gasteiger charge is -2.09. The number of nitrogens with one attached hydrogen (secondary N) is 1. The van der Waals surface area contributed by atoms with E-state index in [1.807, 2.05) is 26.0 Å². The highest BCUT2D eigenvalue weighted by atomic mass is 32.2. The van der Waals surface area contributed by atoms with Gasteiger partial charge in [-0.15, -0.1) is 0 Å². The molecule has 21 heavy (non-hydrogen) atoms. The first-order chi connectivity index (χ1) is 9.92. The van der Waals surface area contributed by atoms with Crippen LogP contribution in [0.3, 0.4) is 0 Å². The maximum absolute atomic E-state index is 12.3. The Morgan fingerprint density at radius 2 is 1.95 bits per heavy atom. The smallest absolute Gasteiger partial charge is 0.240 e. The lowest BCUT2D eigenvalue weighted by Crippen LogP contribution is -2.24. The summed E-state index contributed by atoms with van der Waals surface area (Å²) in [5.74, 6) is 0. The maximum atomic E-state index is 12.3. The first-order valence-corrected chi connectivity index (χ1v) is 8.12. The molecule has 2 rings (SSSR count). The van der Waals surface area contributed by atoms with Gasteiger partial charge in [0.2, 0.25) is 10.0 Å². The molecule has 0 unspecified atom stereocenters. The number of aromatic nitrogens is 1. The van der Waals surface area contributed by atoms with Gasteiger partial charge in [-0.2, -0.15) is 0 Å². The summed E-state index contributed by atoms with van der Waals surface area (Å²) in [6, 6.07) is 10.5. The number of nitrogens with two attached hydrogens (primary N) is 1. The summed E-state index contributed by atoms with van der Waals surface area (Å²) in [4.78, 5) is 4.49. The van der Waals surface area contributed by atoms with Crippen LogP contribution in [0.4, 0.5) is 0 Å². The fraction of sp³-hybridized carbons (Fsp3) is 0.267. The Bertz CT molecular complexity index is 742. The number of hydrogen-bond donors (Lipinski definition) is 2. The Labute approximate surface area is 125 Å². The van der Waals surface area contributed by atoms with Gasteiger partial charge >= 0.3 is 0 Å². The van der Waals surface area contributed by atoms with Crippen molar-refractivity contribution in [1.29, 1.82) is 0 Å². The van der Waals surface area contributed by atoms with Gasteiger partial charge in [-0.05, 0) is 49.2 Å². The van der Waals surface area contributed by atoms with Gasteiger partial charge in [0, 0.05) is 12.2 Å². The highest BCUT2D eigenvalue weighted by molar-refractivity contribution is 7.89. The molecule has 0 bridgehead atoms. The highest BCUT2D eigenvalue weighted by Gasteiger charge is 2.15. The standard InChI is InChI=1S/C15H19N3O2S/c1-11-6-7-15(8-13(11)9-16)21(19,20)17-10-14-5-3-4-12(2)18-14/h3-8,17H,9-10,16H2,1-2H3. The SMILES string of the molecule is Cc1cccc(CNS(=O)(=O)c2ccc(C)c(CN)c2)n1. The molecule has 0 saturated heterocycles. The van der Waals surface area contributed by atoms with Crippen molar-refractivity contribution in [3.63, 3.8) is 0 Å². The first kappa shape index (κ1) is 15.6. The van der Waals surface area contributed by atoms with Crippen LogP contribution in [0.25, 0.3) is 0 Å². The Morgan fingerprint density at radius 3 is 2.62 bits per heavy atom. The van der Waals surface area contributed by atoms with E-state index in [2.05, 4.69) is 9.71 Å². The number of rotatable bonds is 5. The van der Waals surface area contributed by atoms with Crippen molar-refractivity contribution < 1.29 is 8.42 Å². The van der Waals surface area contributed by atoms with Crippen LogP contribution < -0.4 is 10.5 Å². The second-order valence-electron chi connectivity index (χ2n) is 4.89. The van der Waals surface area contributed by atoms with E-state index in [0.717, 1.165) is 16.8 Å². The molecular weight excluding hydrogens is 286 g/mol. The van der Waals surface area contributed by atoms with Crippen molar-refractivity contribution in [2.45, 2.75) is 31.8 Å². The van der Waals surface area contributed by atoms with Gasteiger partial charge in [-0.1, -0.05) is 12.1 Å². The number of aryl methyl sites for hydroxylation is 2. The minimum Gasteiger partial charge on any atom is -0.326 e. The van der Waals surface area contributed by atoms with Gasteiger partial charge in [0.25, 0.3) is 0 Å². The molecule has 1 heterocycles. The van der Waals surface area contributed by atoms with Gasteiger partial charge in [0.1, 0.15) is 0 Å². The molecule has 0 radical (unpaired) electrons. The van der Waals surface area contributed by atoms with E-state index in [1.165, 1.54) is 0 Å². The van der Waals surface area contributed by atoms with Crippen LogP contribution in [-0.4, -0.2) is 13.4 Å². The van der Waals surface area contributed by atoms with E-state index in [0.29, 0.717) is 12.2 Å². The fourth-order valence-electron chi connectivity index (χ4n) is 1.99. The molecule has 1 aromatic carbocycles. The topological polar surface area (TPSA) is 85.1 Å². The second-order valence-corrected chi connectivity index (χ2v) is 6.65. The predicted octanol–water partition coefficient (Wildman–Crippen LogP) is 1.64. The summed E-state index contributed by atoms with van der Waals surface area (Å²) in [5, 5.41) is 0. The largest absolute Gasteiger partial charge is 0.326 e. The average molecular weight is 305 g/mol. The minimum absolute atomic E-state index is 0.163. The normalized spacial score (nSPS) is 11.6. The third kappa shape index (κ3) is 3.87. The molecule has 0 aliphatic rings. The molecular formula is C15H19N3O2S. The summed E-state index contributed by atoms with van der Waals surface area (Å²) in [6.45, 7) is 4.25. The molecule has 0 saturated carbocycles. The molecule has 6 heteroatoms. The molecule has 5 nitrogen and oxygen atoms in total. The molecule has 0 fully saturated rings. The lowest BCUT2D eigenvalue weighted by atomic mass is 10.1. The van der Waals surface area contributed by atoms with Gasteiger partial charge in [0.05, 0.1) is 17.1 Å². The summed E-state index contributed by atoms with van der Waals surface area (Å²) in [7, 11) is -3.57. The van der Waals surface area contributed by atoms with Crippen LogP contribution in [0.5, 0.6) is 0 Å². The molecule has 0 spiro atoms. The van der Waals surface area contributed by atoms with Crippen molar-refractivity contribution >= 4 is 10.0 Å². The third-order valence-corrected chi connectivity index (χ3v) is 4.64. The van der Waals surface area contributed by atoms with Gasteiger partial charge in [-0.25, -0.2) is 13.1 Å². The van der Waals surface area contributed by atoms with Crippen molar-refractivity contribution in [1.82, 2.24) is 9.71 Å². The summed E-state index contributed by atoms with van der Waals surface area (Å²) < 4.78 is 27.1. The van der Waals surface area contributed by atoms with Crippen molar-refractivity contribution in [3.8, 4) is 0 Å². The number of pyridine rings is 1.